The molecule has 1 saturated heterocycles. The van der Waals surface area contributed by atoms with E-state index >= 15 is 0 Å². The number of hydrogen-bond acceptors (Lipinski definition) is 5. The Morgan fingerprint density at radius 1 is 1.20 bits per heavy atom. The Bertz CT molecular complexity index is 982. The lowest BCUT2D eigenvalue weighted by Gasteiger charge is -2.25. The van der Waals surface area contributed by atoms with E-state index in [-0.39, 0.29) is 11.9 Å². The summed E-state index contributed by atoms with van der Waals surface area (Å²) in [5.41, 5.74) is 2.76. The second-order valence-corrected chi connectivity index (χ2v) is 8.55. The average molecular weight is 424 g/mol. The molecule has 1 aliphatic heterocycles. The van der Waals surface area contributed by atoms with Crippen LogP contribution in [0, 0.1) is 6.92 Å². The van der Waals surface area contributed by atoms with Crippen molar-refractivity contribution in [3.8, 4) is 16.5 Å². The minimum absolute atomic E-state index is 0.0655. The molecule has 2 aromatic heterocycles. The van der Waals surface area contributed by atoms with Crippen LogP contribution in [0.1, 0.15) is 39.8 Å². The molecule has 2 N–H and O–H groups in total. The van der Waals surface area contributed by atoms with E-state index in [4.69, 9.17) is 4.74 Å². The van der Waals surface area contributed by atoms with Gasteiger partial charge in [-0.2, -0.15) is 0 Å². The Labute approximate surface area is 180 Å². The zero-order valence-corrected chi connectivity index (χ0v) is 18.2. The van der Waals surface area contributed by atoms with Gasteiger partial charge in [0.05, 0.1) is 38.1 Å². The molecule has 0 unspecified atom stereocenters. The fraction of sp³-hybridized carbons (Fsp3) is 0.348. The highest BCUT2D eigenvalue weighted by molar-refractivity contribution is 7.17. The normalized spacial score (nSPS) is 15.1. The maximum Gasteiger partial charge on any atom is 0.263 e. The van der Waals surface area contributed by atoms with Crippen molar-refractivity contribution < 1.29 is 14.4 Å². The zero-order chi connectivity index (χ0) is 20.9. The number of likely N-dealkylation sites (tertiary alicyclic amines) is 1. The number of carbonyl (C=O) groups excluding carboxylic acids is 1. The van der Waals surface area contributed by atoms with E-state index in [0.717, 1.165) is 35.2 Å². The Morgan fingerprint density at radius 3 is 2.63 bits per heavy atom. The number of hydrogen-bond donors (Lipinski definition) is 2. The molecule has 0 aliphatic carbocycles. The summed E-state index contributed by atoms with van der Waals surface area (Å²) in [6.45, 7) is 4.74. The van der Waals surface area contributed by atoms with Gasteiger partial charge in [-0.05, 0) is 43.3 Å². The number of benzene rings is 1. The number of nitrogens with zero attached hydrogens (tertiary/aromatic N) is 2. The maximum absolute atomic E-state index is 13.0. The Hall–Kier alpha value is -2.77. The molecule has 1 fully saturated rings. The molecular formula is C23H27N4O2S+. The number of thiazole rings is 1. The highest BCUT2D eigenvalue weighted by atomic mass is 32.1. The number of aromatic nitrogens is 2. The topological polar surface area (TPSA) is 68.5 Å². The molecule has 0 radical (unpaired) electrons. The maximum atomic E-state index is 13.0. The SMILES string of the molecule is COc1ccc([C@@H](CNC(=O)c2sc(-c3ccccn3)nc2C)[NH+]2CCCC2)cc1. The molecule has 6 nitrogen and oxygen atoms in total. The summed E-state index contributed by atoms with van der Waals surface area (Å²) in [5.74, 6) is 0.782. The highest BCUT2D eigenvalue weighted by Crippen LogP contribution is 2.26. The summed E-state index contributed by atoms with van der Waals surface area (Å²) in [5, 5.41) is 3.94. The van der Waals surface area contributed by atoms with E-state index in [1.165, 1.54) is 34.6 Å². The number of pyridine rings is 1. The zero-order valence-electron chi connectivity index (χ0n) is 17.4. The number of quaternary nitrogens is 1. The molecule has 3 heterocycles. The summed E-state index contributed by atoms with van der Waals surface area (Å²) in [6, 6.07) is 14.1. The van der Waals surface area contributed by atoms with Gasteiger partial charge in [0, 0.05) is 24.6 Å². The van der Waals surface area contributed by atoms with Gasteiger partial charge in [0.1, 0.15) is 21.7 Å². The lowest BCUT2D eigenvalue weighted by molar-refractivity contribution is -0.918. The third-order valence-electron chi connectivity index (χ3n) is 5.61. The van der Waals surface area contributed by atoms with Gasteiger partial charge in [0.2, 0.25) is 0 Å². The first-order chi connectivity index (χ1) is 14.7. The third kappa shape index (κ3) is 4.52. The fourth-order valence-corrected chi connectivity index (χ4v) is 4.95. The van der Waals surface area contributed by atoms with Crippen LogP contribution < -0.4 is 15.0 Å². The van der Waals surface area contributed by atoms with Crippen LogP contribution in [0.25, 0.3) is 10.7 Å². The van der Waals surface area contributed by atoms with E-state index in [1.54, 1.807) is 13.3 Å². The molecule has 1 aliphatic rings. The molecule has 0 spiro atoms. The summed E-state index contributed by atoms with van der Waals surface area (Å²) in [7, 11) is 1.68. The molecule has 0 bridgehead atoms. The molecular weight excluding hydrogens is 396 g/mol. The molecule has 1 amide bonds. The highest BCUT2D eigenvalue weighted by Gasteiger charge is 2.28. The van der Waals surface area contributed by atoms with E-state index in [2.05, 4.69) is 27.4 Å². The van der Waals surface area contributed by atoms with Crippen LogP contribution in [-0.2, 0) is 0 Å². The minimum atomic E-state index is -0.0655. The van der Waals surface area contributed by atoms with E-state index in [1.807, 2.05) is 37.3 Å². The van der Waals surface area contributed by atoms with Crippen molar-refractivity contribution in [2.24, 2.45) is 0 Å². The first kappa shape index (κ1) is 20.5. The van der Waals surface area contributed by atoms with Gasteiger partial charge < -0.3 is 15.0 Å². The van der Waals surface area contributed by atoms with Crippen molar-refractivity contribution in [2.45, 2.75) is 25.8 Å². The molecule has 30 heavy (non-hydrogen) atoms. The smallest absolute Gasteiger partial charge is 0.263 e. The average Bonchev–Trinajstić information content (AvgIpc) is 3.45. The van der Waals surface area contributed by atoms with Gasteiger partial charge in [-0.25, -0.2) is 4.98 Å². The lowest BCUT2D eigenvalue weighted by atomic mass is 10.1. The number of amides is 1. The van der Waals surface area contributed by atoms with Crippen molar-refractivity contribution in [1.82, 2.24) is 15.3 Å². The number of nitrogens with one attached hydrogen (secondary N) is 2. The van der Waals surface area contributed by atoms with Crippen LogP contribution in [0.4, 0.5) is 0 Å². The van der Waals surface area contributed by atoms with Gasteiger partial charge in [-0.3, -0.25) is 9.78 Å². The molecule has 7 heteroatoms. The van der Waals surface area contributed by atoms with Gasteiger partial charge in [-0.1, -0.05) is 6.07 Å². The molecule has 1 aromatic carbocycles. The van der Waals surface area contributed by atoms with Gasteiger partial charge in [-0.15, -0.1) is 11.3 Å². The van der Waals surface area contributed by atoms with Crippen molar-refractivity contribution in [1.29, 1.82) is 0 Å². The number of carbonyl (C=O) groups is 1. The van der Waals surface area contributed by atoms with E-state index in [9.17, 15) is 4.79 Å². The fourth-order valence-electron chi connectivity index (χ4n) is 3.99. The van der Waals surface area contributed by atoms with Crippen LogP contribution in [-0.4, -0.2) is 42.6 Å². The quantitative estimate of drug-likeness (QED) is 0.613. The van der Waals surface area contributed by atoms with Gasteiger partial charge in [0.25, 0.3) is 5.91 Å². The molecule has 0 saturated carbocycles. The van der Waals surface area contributed by atoms with Crippen LogP contribution in [0.2, 0.25) is 0 Å². The third-order valence-corrected chi connectivity index (χ3v) is 6.79. The first-order valence-electron chi connectivity index (χ1n) is 10.3. The Morgan fingerprint density at radius 2 is 1.97 bits per heavy atom. The van der Waals surface area contributed by atoms with Crippen molar-refractivity contribution in [3.63, 3.8) is 0 Å². The predicted octanol–water partition coefficient (Wildman–Crippen LogP) is 2.67. The summed E-state index contributed by atoms with van der Waals surface area (Å²) in [6.07, 6.45) is 4.21. The number of rotatable bonds is 7. The number of aryl methyl sites for hydroxylation is 1. The first-order valence-corrected chi connectivity index (χ1v) is 11.1. The largest absolute Gasteiger partial charge is 0.497 e. The Kier molecular flexibility index (Phi) is 6.40. The standard InChI is InChI=1S/C23H26N4O2S/c1-16-21(30-23(26-16)19-7-3-4-12-24-19)22(28)25-15-20(27-13-5-6-14-27)17-8-10-18(29-2)11-9-17/h3-4,7-12,20H,5-6,13-15H2,1-2H3,(H,25,28)/p+1/t20-/m1/s1. The van der Waals surface area contributed by atoms with E-state index < -0.39 is 0 Å². The monoisotopic (exact) mass is 423 g/mol. The summed E-state index contributed by atoms with van der Waals surface area (Å²) >= 11 is 1.40. The van der Waals surface area contributed by atoms with Gasteiger partial charge in [0.15, 0.2) is 0 Å². The molecule has 4 rings (SSSR count). The van der Waals surface area contributed by atoms with Crippen LogP contribution in [0.15, 0.2) is 48.7 Å². The summed E-state index contributed by atoms with van der Waals surface area (Å²) in [4.78, 5) is 24.1. The number of ether oxygens (including phenoxy) is 1. The van der Waals surface area contributed by atoms with Crippen molar-refractivity contribution in [3.05, 3.63) is 64.8 Å². The molecule has 3 aromatic rings. The molecule has 156 valence electrons. The molecule has 1 atom stereocenters. The summed E-state index contributed by atoms with van der Waals surface area (Å²) < 4.78 is 5.30. The van der Waals surface area contributed by atoms with E-state index in [0.29, 0.717) is 11.4 Å². The van der Waals surface area contributed by atoms with Crippen LogP contribution in [0.5, 0.6) is 5.75 Å². The van der Waals surface area contributed by atoms with Crippen LogP contribution in [0.3, 0.4) is 0 Å². The second kappa shape index (κ2) is 9.36. The van der Waals surface area contributed by atoms with Crippen molar-refractivity contribution >= 4 is 17.2 Å². The van der Waals surface area contributed by atoms with Gasteiger partial charge >= 0.3 is 0 Å². The van der Waals surface area contributed by atoms with Crippen molar-refractivity contribution in [2.75, 3.05) is 26.7 Å². The Balaban J connectivity index is 1.49. The minimum Gasteiger partial charge on any atom is -0.497 e. The lowest BCUT2D eigenvalue weighted by Crippen LogP contribution is -3.11. The van der Waals surface area contributed by atoms with Crippen LogP contribution >= 0.6 is 11.3 Å². The number of methoxy groups -OCH3 is 1. The predicted molar refractivity (Wildman–Crippen MR) is 118 cm³/mol. The second-order valence-electron chi connectivity index (χ2n) is 7.55.